The number of aromatic carboxylic acids is 1. The molecule has 1 aromatic carbocycles. The summed E-state index contributed by atoms with van der Waals surface area (Å²) in [5, 5.41) is 9.14. The van der Waals surface area contributed by atoms with E-state index in [1.165, 1.54) is 0 Å². The Hall–Kier alpha value is -2.03. The van der Waals surface area contributed by atoms with Crippen molar-refractivity contribution >= 4 is 5.97 Å². The summed E-state index contributed by atoms with van der Waals surface area (Å²) in [6, 6.07) is 6.95. The Bertz CT molecular complexity index is 524. The molecule has 0 amide bonds. The van der Waals surface area contributed by atoms with Gasteiger partial charge in [0, 0.05) is 5.56 Å². The summed E-state index contributed by atoms with van der Waals surface area (Å²) in [7, 11) is 0. The van der Waals surface area contributed by atoms with Crippen molar-refractivity contribution in [3.63, 3.8) is 0 Å². The maximum absolute atomic E-state index is 11.1. The van der Waals surface area contributed by atoms with Gasteiger partial charge in [-0.05, 0) is 43.2 Å². The van der Waals surface area contributed by atoms with Crippen LogP contribution < -0.4 is 0 Å². The Kier molecular flexibility index (Phi) is 2.52. The van der Waals surface area contributed by atoms with E-state index in [-0.39, 0.29) is 5.56 Å². The van der Waals surface area contributed by atoms with E-state index in [0.717, 1.165) is 11.1 Å². The van der Waals surface area contributed by atoms with E-state index in [0.29, 0.717) is 11.3 Å². The molecule has 82 valence electrons. The molecule has 1 heterocycles. The van der Waals surface area contributed by atoms with E-state index in [4.69, 9.17) is 9.52 Å². The number of carbonyl (C=O) groups is 1. The van der Waals surface area contributed by atoms with Crippen LogP contribution in [0.25, 0.3) is 11.3 Å². The molecule has 0 aliphatic rings. The zero-order valence-corrected chi connectivity index (χ0v) is 9.15. The number of carboxylic acids is 1. The molecule has 0 fully saturated rings. The molecule has 0 bridgehead atoms. The standard InChI is InChI=1S/C13H12O3/c1-8-5-6-10(13(14)15)12(9(8)2)11-4-3-7-16-11/h3-7H,1-2H3,(H,14,15). The molecule has 1 aromatic heterocycles. The van der Waals surface area contributed by atoms with Gasteiger partial charge in [0.15, 0.2) is 0 Å². The molecule has 3 heteroatoms. The van der Waals surface area contributed by atoms with Crippen LogP contribution in [0, 0.1) is 13.8 Å². The molecule has 1 N–H and O–H groups in total. The van der Waals surface area contributed by atoms with Gasteiger partial charge in [0.25, 0.3) is 0 Å². The molecule has 0 aliphatic heterocycles. The highest BCUT2D eigenvalue weighted by Crippen LogP contribution is 2.29. The molecule has 3 nitrogen and oxygen atoms in total. The number of benzene rings is 1. The Morgan fingerprint density at radius 3 is 2.56 bits per heavy atom. The van der Waals surface area contributed by atoms with Gasteiger partial charge in [-0.25, -0.2) is 4.79 Å². The number of furan rings is 1. The van der Waals surface area contributed by atoms with Gasteiger partial charge in [-0.1, -0.05) is 6.07 Å². The fourth-order valence-corrected chi connectivity index (χ4v) is 1.73. The summed E-state index contributed by atoms with van der Waals surface area (Å²) < 4.78 is 5.28. The maximum atomic E-state index is 11.1. The topological polar surface area (TPSA) is 50.4 Å². The lowest BCUT2D eigenvalue weighted by atomic mass is 9.96. The molecular formula is C13H12O3. The van der Waals surface area contributed by atoms with Crippen LogP contribution in [0.3, 0.4) is 0 Å². The molecule has 0 unspecified atom stereocenters. The Morgan fingerprint density at radius 1 is 1.25 bits per heavy atom. The zero-order valence-electron chi connectivity index (χ0n) is 9.15. The van der Waals surface area contributed by atoms with Crippen molar-refractivity contribution in [2.45, 2.75) is 13.8 Å². The lowest BCUT2D eigenvalue weighted by molar-refractivity contribution is 0.0697. The Morgan fingerprint density at radius 2 is 2.00 bits per heavy atom. The van der Waals surface area contributed by atoms with Crippen LogP contribution in [0.15, 0.2) is 34.9 Å². The van der Waals surface area contributed by atoms with Gasteiger partial charge in [0.2, 0.25) is 0 Å². The minimum atomic E-state index is -0.936. The van der Waals surface area contributed by atoms with Crippen LogP contribution in [-0.2, 0) is 0 Å². The highest BCUT2D eigenvalue weighted by atomic mass is 16.4. The van der Waals surface area contributed by atoms with E-state index in [2.05, 4.69) is 0 Å². The van der Waals surface area contributed by atoms with Gasteiger partial charge in [0.05, 0.1) is 11.8 Å². The predicted octanol–water partition coefficient (Wildman–Crippen LogP) is 3.26. The molecule has 2 aromatic rings. The monoisotopic (exact) mass is 216 g/mol. The highest BCUT2D eigenvalue weighted by Gasteiger charge is 2.16. The van der Waals surface area contributed by atoms with Gasteiger partial charge < -0.3 is 9.52 Å². The SMILES string of the molecule is Cc1ccc(C(=O)O)c(-c2ccco2)c1C. The molecule has 2 rings (SSSR count). The first kappa shape index (κ1) is 10.5. The second kappa shape index (κ2) is 3.85. The molecule has 16 heavy (non-hydrogen) atoms. The zero-order chi connectivity index (χ0) is 11.7. The van der Waals surface area contributed by atoms with E-state index in [1.54, 1.807) is 24.5 Å². The van der Waals surface area contributed by atoms with Gasteiger partial charge in [-0.3, -0.25) is 0 Å². The Balaban J connectivity index is 2.74. The highest BCUT2D eigenvalue weighted by molar-refractivity contribution is 5.96. The van der Waals surface area contributed by atoms with Gasteiger partial charge in [-0.15, -0.1) is 0 Å². The quantitative estimate of drug-likeness (QED) is 0.838. The number of rotatable bonds is 2. The smallest absolute Gasteiger partial charge is 0.336 e. The molecule has 0 saturated heterocycles. The van der Waals surface area contributed by atoms with Gasteiger partial charge >= 0.3 is 5.97 Å². The van der Waals surface area contributed by atoms with Crippen LogP contribution >= 0.6 is 0 Å². The van der Waals surface area contributed by atoms with Crippen molar-refractivity contribution in [3.8, 4) is 11.3 Å². The lowest BCUT2D eigenvalue weighted by Gasteiger charge is -2.09. The first-order valence-electron chi connectivity index (χ1n) is 4.98. The van der Waals surface area contributed by atoms with Crippen molar-refractivity contribution in [2.24, 2.45) is 0 Å². The average molecular weight is 216 g/mol. The third-order valence-corrected chi connectivity index (χ3v) is 2.73. The minimum Gasteiger partial charge on any atom is -0.478 e. The van der Waals surface area contributed by atoms with E-state index in [9.17, 15) is 4.79 Å². The first-order chi connectivity index (χ1) is 7.61. The molecule has 0 aliphatic carbocycles. The summed E-state index contributed by atoms with van der Waals surface area (Å²) in [6.45, 7) is 3.85. The van der Waals surface area contributed by atoms with Crippen LogP contribution in [0.2, 0.25) is 0 Å². The summed E-state index contributed by atoms with van der Waals surface area (Å²) >= 11 is 0. The van der Waals surface area contributed by atoms with Crippen LogP contribution in [0.1, 0.15) is 21.5 Å². The summed E-state index contributed by atoms with van der Waals surface area (Å²) in [6.07, 6.45) is 1.54. The average Bonchev–Trinajstić information content (AvgIpc) is 2.74. The fourth-order valence-electron chi connectivity index (χ4n) is 1.73. The van der Waals surface area contributed by atoms with Gasteiger partial charge in [0.1, 0.15) is 5.76 Å². The largest absolute Gasteiger partial charge is 0.478 e. The van der Waals surface area contributed by atoms with Gasteiger partial charge in [-0.2, -0.15) is 0 Å². The van der Waals surface area contributed by atoms with Crippen molar-refractivity contribution in [3.05, 3.63) is 47.2 Å². The van der Waals surface area contributed by atoms with Crippen LogP contribution in [0.5, 0.6) is 0 Å². The van der Waals surface area contributed by atoms with Crippen molar-refractivity contribution in [2.75, 3.05) is 0 Å². The minimum absolute atomic E-state index is 0.276. The molecule has 0 radical (unpaired) electrons. The molecule has 0 spiro atoms. The number of hydrogen-bond donors (Lipinski definition) is 1. The third kappa shape index (κ3) is 1.60. The van der Waals surface area contributed by atoms with E-state index >= 15 is 0 Å². The summed E-state index contributed by atoms with van der Waals surface area (Å²) in [4.78, 5) is 11.1. The predicted molar refractivity (Wildman–Crippen MR) is 60.6 cm³/mol. The van der Waals surface area contributed by atoms with E-state index in [1.807, 2.05) is 19.9 Å². The summed E-state index contributed by atoms with van der Waals surface area (Å²) in [5.74, 6) is -0.340. The number of aryl methyl sites for hydroxylation is 1. The number of hydrogen-bond acceptors (Lipinski definition) is 2. The van der Waals surface area contributed by atoms with E-state index < -0.39 is 5.97 Å². The van der Waals surface area contributed by atoms with Crippen molar-refractivity contribution in [1.82, 2.24) is 0 Å². The molecule has 0 saturated carbocycles. The van der Waals surface area contributed by atoms with Crippen LogP contribution in [-0.4, -0.2) is 11.1 Å². The van der Waals surface area contributed by atoms with Crippen molar-refractivity contribution in [1.29, 1.82) is 0 Å². The molecular weight excluding hydrogens is 204 g/mol. The third-order valence-electron chi connectivity index (χ3n) is 2.73. The molecule has 0 atom stereocenters. The maximum Gasteiger partial charge on any atom is 0.336 e. The van der Waals surface area contributed by atoms with Crippen LogP contribution in [0.4, 0.5) is 0 Å². The normalized spacial score (nSPS) is 10.4. The lowest BCUT2D eigenvalue weighted by Crippen LogP contribution is -2.02. The van der Waals surface area contributed by atoms with Crippen molar-refractivity contribution < 1.29 is 14.3 Å². The first-order valence-corrected chi connectivity index (χ1v) is 4.98. The number of carboxylic acid groups (broad SMARTS) is 1. The summed E-state index contributed by atoms with van der Waals surface area (Å²) in [5.41, 5.74) is 2.93. The fraction of sp³-hybridized carbons (Fsp3) is 0.154. The Labute approximate surface area is 93.3 Å². The second-order valence-electron chi connectivity index (χ2n) is 3.71. The second-order valence-corrected chi connectivity index (χ2v) is 3.71.